The van der Waals surface area contributed by atoms with Gasteiger partial charge in [-0.15, -0.1) is 12.4 Å². The second-order valence-electron chi connectivity index (χ2n) is 5.46. The zero-order valence-corrected chi connectivity index (χ0v) is 13.8. The second kappa shape index (κ2) is 9.13. The van der Waals surface area contributed by atoms with Crippen LogP contribution in [0, 0.1) is 5.92 Å². The van der Waals surface area contributed by atoms with Gasteiger partial charge < -0.3 is 15.2 Å². The van der Waals surface area contributed by atoms with Crippen molar-refractivity contribution in [2.75, 3.05) is 32.8 Å². The standard InChI is InChI=1S/C16H26N2O2.ClH/c1-3-19-15-4-6-16(7-5-15)20-11-10-18-9-8-14(12-18)13(2)17;/h4-7,13-14H,3,8-12,17H2,1-2H3;1H. The van der Waals surface area contributed by atoms with Gasteiger partial charge in [-0.25, -0.2) is 0 Å². The zero-order chi connectivity index (χ0) is 14.4. The Balaban J connectivity index is 0.00000220. The largest absolute Gasteiger partial charge is 0.494 e. The highest BCUT2D eigenvalue weighted by Crippen LogP contribution is 2.19. The maximum Gasteiger partial charge on any atom is 0.119 e. The quantitative estimate of drug-likeness (QED) is 0.840. The third-order valence-corrected chi connectivity index (χ3v) is 3.86. The fourth-order valence-corrected chi connectivity index (χ4v) is 2.59. The maximum atomic E-state index is 5.95. The predicted molar refractivity (Wildman–Crippen MR) is 88.6 cm³/mol. The first kappa shape index (κ1) is 18.1. The highest BCUT2D eigenvalue weighted by atomic mass is 35.5. The molecule has 2 atom stereocenters. The molecule has 5 heteroatoms. The van der Waals surface area contributed by atoms with E-state index in [1.807, 2.05) is 31.2 Å². The van der Waals surface area contributed by atoms with Crippen molar-refractivity contribution in [2.45, 2.75) is 26.3 Å². The molecule has 1 heterocycles. The van der Waals surface area contributed by atoms with Crippen molar-refractivity contribution in [3.8, 4) is 11.5 Å². The van der Waals surface area contributed by atoms with Gasteiger partial charge in [-0.05, 0) is 57.0 Å². The van der Waals surface area contributed by atoms with Crippen LogP contribution in [-0.4, -0.2) is 43.8 Å². The van der Waals surface area contributed by atoms with Crippen molar-refractivity contribution in [1.82, 2.24) is 4.90 Å². The lowest BCUT2D eigenvalue weighted by atomic mass is 10.0. The molecule has 0 bridgehead atoms. The van der Waals surface area contributed by atoms with Gasteiger partial charge in [0.2, 0.25) is 0 Å². The summed E-state index contributed by atoms with van der Waals surface area (Å²) in [7, 11) is 0. The average molecular weight is 315 g/mol. The van der Waals surface area contributed by atoms with E-state index >= 15 is 0 Å². The van der Waals surface area contributed by atoms with Gasteiger partial charge >= 0.3 is 0 Å². The zero-order valence-electron chi connectivity index (χ0n) is 13.0. The number of ether oxygens (including phenoxy) is 2. The number of hydrogen-bond donors (Lipinski definition) is 1. The molecule has 1 aliphatic heterocycles. The Morgan fingerprint density at radius 1 is 1.24 bits per heavy atom. The molecule has 0 spiro atoms. The summed E-state index contributed by atoms with van der Waals surface area (Å²) in [5.41, 5.74) is 5.95. The van der Waals surface area contributed by atoms with Crippen LogP contribution in [0.15, 0.2) is 24.3 Å². The lowest BCUT2D eigenvalue weighted by Gasteiger charge is -2.18. The molecular weight excluding hydrogens is 288 g/mol. The van der Waals surface area contributed by atoms with Crippen molar-refractivity contribution in [1.29, 1.82) is 0 Å². The van der Waals surface area contributed by atoms with E-state index in [1.165, 1.54) is 6.42 Å². The molecule has 2 unspecified atom stereocenters. The molecule has 2 rings (SSSR count). The summed E-state index contributed by atoms with van der Waals surface area (Å²) in [5.74, 6) is 2.43. The summed E-state index contributed by atoms with van der Waals surface area (Å²) in [5, 5.41) is 0. The van der Waals surface area contributed by atoms with Gasteiger partial charge in [-0.2, -0.15) is 0 Å². The van der Waals surface area contributed by atoms with Crippen molar-refractivity contribution in [2.24, 2.45) is 11.7 Å². The minimum atomic E-state index is 0. The average Bonchev–Trinajstić information content (AvgIpc) is 2.90. The van der Waals surface area contributed by atoms with Crippen LogP contribution < -0.4 is 15.2 Å². The summed E-state index contributed by atoms with van der Waals surface area (Å²) >= 11 is 0. The Hall–Kier alpha value is -0.970. The summed E-state index contributed by atoms with van der Waals surface area (Å²) < 4.78 is 11.2. The van der Waals surface area contributed by atoms with Crippen molar-refractivity contribution in [3.05, 3.63) is 24.3 Å². The number of benzene rings is 1. The van der Waals surface area contributed by atoms with Gasteiger partial charge in [-0.1, -0.05) is 0 Å². The SMILES string of the molecule is CCOc1ccc(OCCN2CCC(C(C)N)C2)cc1.Cl. The number of halogens is 1. The number of nitrogens with two attached hydrogens (primary N) is 1. The van der Waals surface area contributed by atoms with Crippen molar-refractivity contribution in [3.63, 3.8) is 0 Å². The lowest BCUT2D eigenvalue weighted by Crippen LogP contribution is -2.31. The topological polar surface area (TPSA) is 47.7 Å². The molecule has 0 aromatic heterocycles. The fourth-order valence-electron chi connectivity index (χ4n) is 2.59. The van der Waals surface area contributed by atoms with Gasteiger partial charge in [0.05, 0.1) is 6.61 Å². The number of rotatable bonds is 7. The highest BCUT2D eigenvalue weighted by Gasteiger charge is 2.24. The van der Waals surface area contributed by atoms with Gasteiger partial charge in [0.25, 0.3) is 0 Å². The summed E-state index contributed by atoms with van der Waals surface area (Å²) in [6.07, 6.45) is 1.21. The Kier molecular flexibility index (Phi) is 7.86. The molecule has 21 heavy (non-hydrogen) atoms. The van der Waals surface area contributed by atoms with Gasteiger partial charge in [0, 0.05) is 19.1 Å². The van der Waals surface area contributed by atoms with Crippen LogP contribution in [0.5, 0.6) is 11.5 Å². The van der Waals surface area contributed by atoms with Gasteiger partial charge in [-0.3, -0.25) is 4.90 Å². The first-order chi connectivity index (χ1) is 9.69. The molecule has 0 aliphatic carbocycles. The third kappa shape index (κ3) is 5.73. The van der Waals surface area contributed by atoms with Crippen LogP contribution in [-0.2, 0) is 0 Å². The van der Waals surface area contributed by atoms with Crippen LogP contribution in [0.25, 0.3) is 0 Å². The van der Waals surface area contributed by atoms with Crippen LogP contribution in [0.1, 0.15) is 20.3 Å². The molecule has 4 nitrogen and oxygen atoms in total. The van der Waals surface area contributed by atoms with Gasteiger partial charge in [0.15, 0.2) is 0 Å². The second-order valence-corrected chi connectivity index (χ2v) is 5.46. The number of likely N-dealkylation sites (tertiary alicyclic amines) is 1. The molecule has 120 valence electrons. The van der Waals surface area contributed by atoms with E-state index in [0.29, 0.717) is 18.6 Å². The molecular formula is C16H27ClN2O2. The molecule has 1 aliphatic rings. The van der Waals surface area contributed by atoms with E-state index < -0.39 is 0 Å². The Bertz CT molecular complexity index is 398. The minimum absolute atomic E-state index is 0. The Morgan fingerprint density at radius 3 is 2.38 bits per heavy atom. The predicted octanol–water partition coefficient (Wildman–Crippen LogP) is 2.56. The summed E-state index contributed by atoms with van der Waals surface area (Å²) in [6.45, 7) is 8.70. The highest BCUT2D eigenvalue weighted by molar-refractivity contribution is 5.85. The van der Waals surface area contributed by atoms with Crippen LogP contribution >= 0.6 is 12.4 Å². The first-order valence-corrected chi connectivity index (χ1v) is 7.52. The van der Waals surface area contributed by atoms with Crippen LogP contribution in [0.2, 0.25) is 0 Å². The van der Waals surface area contributed by atoms with E-state index in [4.69, 9.17) is 15.2 Å². The molecule has 2 N–H and O–H groups in total. The van der Waals surface area contributed by atoms with Crippen LogP contribution in [0.3, 0.4) is 0 Å². The minimum Gasteiger partial charge on any atom is -0.494 e. The molecule has 0 amide bonds. The third-order valence-electron chi connectivity index (χ3n) is 3.86. The van der Waals surface area contributed by atoms with Gasteiger partial charge in [0.1, 0.15) is 18.1 Å². The number of nitrogens with zero attached hydrogens (tertiary/aromatic N) is 1. The van der Waals surface area contributed by atoms with Crippen molar-refractivity contribution >= 4 is 12.4 Å². The van der Waals surface area contributed by atoms with E-state index in [-0.39, 0.29) is 12.4 Å². The first-order valence-electron chi connectivity index (χ1n) is 7.52. The van der Waals surface area contributed by atoms with E-state index in [0.717, 1.165) is 37.7 Å². The molecule has 1 fully saturated rings. The lowest BCUT2D eigenvalue weighted by molar-refractivity contribution is 0.230. The Morgan fingerprint density at radius 2 is 1.86 bits per heavy atom. The molecule has 0 radical (unpaired) electrons. The summed E-state index contributed by atoms with van der Waals surface area (Å²) in [4.78, 5) is 2.43. The Labute approximate surface area is 134 Å². The molecule has 1 saturated heterocycles. The van der Waals surface area contributed by atoms with E-state index in [2.05, 4.69) is 11.8 Å². The molecule has 1 aromatic rings. The molecule has 0 saturated carbocycles. The maximum absolute atomic E-state index is 5.95. The smallest absolute Gasteiger partial charge is 0.119 e. The summed E-state index contributed by atoms with van der Waals surface area (Å²) in [6, 6.07) is 8.10. The monoisotopic (exact) mass is 314 g/mol. The van der Waals surface area contributed by atoms with E-state index in [9.17, 15) is 0 Å². The normalized spacial score (nSPS) is 19.9. The van der Waals surface area contributed by atoms with Crippen LogP contribution in [0.4, 0.5) is 0 Å². The van der Waals surface area contributed by atoms with E-state index in [1.54, 1.807) is 0 Å². The number of hydrogen-bond acceptors (Lipinski definition) is 4. The molecule has 1 aromatic carbocycles. The fraction of sp³-hybridized carbons (Fsp3) is 0.625. The van der Waals surface area contributed by atoms with Crippen molar-refractivity contribution < 1.29 is 9.47 Å².